The van der Waals surface area contributed by atoms with Gasteiger partial charge in [0.15, 0.2) is 0 Å². The van der Waals surface area contributed by atoms with Crippen LogP contribution in [-0.4, -0.2) is 74.6 Å². The number of hydrogen-bond acceptors (Lipinski definition) is 3. The van der Waals surface area contributed by atoms with E-state index in [2.05, 4.69) is 4.90 Å². The highest BCUT2D eigenvalue weighted by molar-refractivity contribution is 7.86. The van der Waals surface area contributed by atoms with Gasteiger partial charge in [0.2, 0.25) is 0 Å². The summed E-state index contributed by atoms with van der Waals surface area (Å²) in [5.41, 5.74) is 0. The first-order valence-electron chi connectivity index (χ1n) is 6.33. The molecule has 0 saturated carbocycles. The van der Waals surface area contributed by atoms with Crippen molar-refractivity contribution >= 4 is 21.8 Å². The molecule has 1 fully saturated rings. The molecule has 1 atom stereocenters. The van der Waals surface area contributed by atoms with Gasteiger partial charge in [0.25, 0.3) is 10.2 Å². The molecule has 18 heavy (non-hydrogen) atoms. The summed E-state index contributed by atoms with van der Waals surface area (Å²) in [6.45, 7) is 2.32. The summed E-state index contributed by atoms with van der Waals surface area (Å²) < 4.78 is 27.6. The van der Waals surface area contributed by atoms with Crippen molar-refractivity contribution in [3.8, 4) is 0 Å². The molecule has 0 aromatic rings. The normalized spacial score (nSPS) is 22.9. The highest BCUT2D eigenvalue weighted by Crippen LogP contribution is 2.18. The van der Waals surface area contributed by atoms with E-state index >= 15 is 0 Å². The van der Waals surface area contributed by atoms with Gasteiger partial charge in [0, 0.05) is 39.1 Å². The number of piperidine rings is 1. The van der Waals surface area contributed by atoms with E-state index in [1.165, 1.54) is 8.61 Å². The number of alkyl halides is 1. The van der Waals surface area contributed by atoms with Crippen molar-refractivity contribution in [1.29, 1.82) is 0 Å². The fourth-order valence-corrected chi connectivity index (χ4v) is 3.71. The molecule has 1 saturated heterocycles. The van der Waals surface area contributed by atoms with Crippen LogP contribution in [0.4, 0.5) is 0 Å². The maximum Gasteiger partial charge on any atom is 0.281 e. The zero-order valence-electron chi connectivity index (χ0n) is 11.5. The molecular formula is C11H24ClN3O2S. The number of halogens is 1. The monoisotopic (exact) mass is 297 g/mol. The molecule has 0 aromatic heterocycles. The summed E-state index contributed by atoms with van der Waals surface area (Å²) in [5, 5.41) is 0. The molecule has 0 spiro atoms. The Balaban J connectivity index is 2.65. The van der Waals surface area contributed by atoms with E-state index in [1.54, 1.807) is 14.1 Å². The Bertz CT molecular complexity index is 350. The van der Waals surface area contributed by atoms with Gasteiger partial charge in [-0.25, -0.2) is 0 Å². The van der Waals surface area contributed by atoms with E-state index in [-0.39, 0.29) is 6.04 Å². The lowest BCUT2D eigenvalue weighted by Crippen LogP contribution is -2.51. The Hall–Kier alpha value is 0.120. The second-order valence-corrected chi connectivity index (χ2v) is 7.42. The van der Waals surface area contributed by atoms with Crippen molar-refractivity contribution < 1.29 is 8.42 Å². The Morgan fingerprint density at radius 3 is 2.61 bits per heavy atom. The van der Waals surface area contributed by atoms with Crippen molar-refractivity contribution in [2.24, 2.45) is 0 Å². The standard InChI is InChI=1S/C11H24ClN3O2S/c1-13-8-4-6-11(10-13)15(3)18(16,17)14(2)9-5-7-12/h11H,4-10H2,1-3H3. The van der Waals surface area contributed by atoms with E-state index < -0.39 is 10.2 Å². The average molecular weight is 298 g/mol. The molecule has 0 bridgehead atoms. The maximum atomic E-state index is 12.3. The molecule has 0 radical (unpaired) electrons. The van der Waals surface area contributed by atoms with Crippen LogP contribution in [0.3, 0.4) is 0 Å². The zero-order valence-corrected chi connectivity index (χ0v) is 13.0. The van der Waals surface area contributed by atoms with E-state index in [0.29, 0.717) is 18.8 Å². The molecule has 1 unspecified atom stereocenters. The van der Waals surface area contributed by atoms with Crippen molar-refractivity contribution in [3.05, 3.63) is 0 Å². The minimum Gasteiger partial charge on any atom is -0.305 e. The van der Waals surface area contributed by atoms with Gasteiger partial charge in [0.1, 0.15) is 0 Å². The van der Waals surface area contributed by atoms with Crippen LogP contribution in [0.25, 0.3) is 0 Å². The fraction of sp³-hybridized carbons (Fsp3) is 1.00. The van der Waals surface area contributed by atoms with Crippen LogP contribution in [-0.2, 0) is 10.2 Å². The van der Waals surface area contributed by atoms with Gasteiger partial charge in [-0.3, -0.25) is 0 Å². The lowest BCUT2D eigenvalue weighted by Gasteiger charge is -2.36. The predicted octanol–water partition coefficient (Wildman–Crippen LogP) is 0.818. The number of nitrogens with zero attached hydrogens (tertiary/aromatic N) is 3. The Morgan fingerprint density at radius 1 is 1.39 bits per heavy atom. The summed E-state index contributed by atoms with van der Waals surface area (Å²) in [4.78, 5) is 2.18. The first kappa shape index (κ1) is 16.2. The van der Waals surface area contributed by atoms with Crippen LogP contribution in [0.5, 0.6) is 0 Å². The number of hydrogen-bond donors (Lipinski definition) is 0. The van der Waals surface area contributed by atoms with E-state index in [1.807, 2.05) is 7.05 Å². The fourth-order valence-electron chi connectivity index (χ4n) is 2.24. The van der Waals surface area contributed by atoms with Crippen molar-refractivity contribution in [1.82, 2.24) is 13.5 Å². The van der Waals surface area contributed by atoms with Crippen LogP contribution in [0, 0.1) is 0 Å². The molecule has 0 N–H and O–H groups in total. The van der Waals surface area contributed by atoms with Gasteiger partial charge < -0.3 is 4.90 Å². The number of likely N-dealkylation sites (N-methyl/N-ethyl adjacent to an activating group) is 2. The lowest BCUT2D eigenvalue weighted by molar-refractivity contribution is 0.182. The molecular weight excluding hydrogens is 274 g/mol. The molecule has 1 rings (SSSR count). The molecule has 108 valence electrons. The molecule has 0 amide bonds. The minimum atomic E-state index is -3.35. The van der Waals surface area contributed by atoms with E-state index in [9.17, 15) is 8.42 Å². The summed E-state index contributed by atoms with van der Waals surface area (Å²) >= 11 is 5.60. The number of rotatable bonds is 6. The van der Waals surface area contributed by atoms with Crippen LogP contribution in [0.15, 0.2) is 0 Å². The Morgan fingerprint density at radius 2 is 2.06 bits per heavy atom. The van der Waals surface area contributed by atoms with Crippen LogP contribution in [0.1, 0.15) is 19.3 Å². The summed E-state index contributed by atoms with van der Waals surface area (Å²) in [6.07, 6.45) is 2.66. The minimum absolute atomic E-state index is 0.0761. The Labute approximate surface area is 116 Å². The van der Waals surface area contributed by atoms with Crippen molar-refractivity contribution in [3.63, 3.8) is 0 Å². The number of likely N-dealkylation sites (tertiary alicyclic amines) is 1. The summed E-state index contributed by atoms with van der Waals surface area (Å²) in [6, 6.07) is 0.0761. The molecule has 5 nitrogen and oxygen atoms in total. The molecule has 7 heteroatoms. The van der Waals surface area contributed by atoms with Crippen molar-refractivity contribution in [2.75, 3.05) is 46.7 Å². The first-order valence-corrected chi connectivity index (χ1v) is 8.26. The summed E-state index contributed by atoms with van der Waals surface area (Å²) in [7, 11) is 1.97. The maximum absolute atomic E-state index is 12.3. The third-order valence-electron chi connectivity index (χ3n) is 3.48. The topological polar surface area (TPSA) is 43.9 Å². The molecule has 0 aromatic carbocycles. The van der Waals surface area contributed by atoms with Gasteiger partial charge in [-0.2, -0.15) is 17.0 Å². The molecule has 1 aliphatic heterocycles. The van der Waals surface area contributed by atoms with Gasteiger partial charge in [0.05, 0.1) is 0 Å². The van der Waals surface area contributed by atoms with Crippen LogP contribution < -0.4 is 0 Å². The summed E-state index contributed by atoms with van der Waals surface area (Å²) in [5.74, 6) is 0.482. The Kier molecular flexibility index (Phi) is 6.34. The quantitative estimate of drug-likeness (QED) is 0.682. The van der Waals surface area contributed by atoms with Gasteiger partial charge in [-0.1, -0.05) is 0 Å². The van der Waals surface area contributed by atoms with Gasteiger partial charge in [-0.15, -0.1) is 11.6 Å². The van der Waals surface area contributed by atoms with Crippen LogP contribution in [0.2, 0.25) is 0 Å². The average Bonchev–Trinajstić information content (AvgIpc) is 2.34. The third-order valence-corrected chi connectivity index (χ3v) is 5.74. The second-order valence-electron chi connectivity index (χ2n) is 4.95. The van der Waals surface area contributed by atoms with E-state index in [0.717, 1.165) is 25.9 Å². The molecule has 1 aliphatic rings. The molecule has 1 heterocycles. The SMILES string of the molecule is CN1CCCC(N(C)S(=O)(=O)N(C)CCCCl)C1. The van der Waals surface area contributed by atoms with Gasteiger partial charge in [-0.05, 0) is 32.9 Å². The van der Waals surface area contributed by atoms with Crippen molar-refractivity contribution in [2.45, 2.75) is 25.3 Å². The zero-order chi connectivity index (χ0) is 13.8. The molecule has 0 aliphatic carbocycles. The largest absolute Gasteiger partial charge is 0.305 e. The highest BCUT2D eigenvalue weighted by Gasteiger charge is 2.31. The first-order chi connectivity index (χ1) is 8.39. The second kappa shape index (κ2) is 7.05. The predicted molar refractivity (Wildman–Crippen MR) is 75.2 cm³/mol. The van der Waals surface area contributed by atoms with Crippen LogP contribution >= 0.6 is 11.6 Å². The van der Waals surface area contributed by atoms with E-state index in [4.69, 9.17) is 11.6 Å². The highest BCUT2D eigenvalue weighted by atomic mass is 35.5. The van der Waals surface area contributed by atoms with Gasteiger partial charge >= 0.3 is 0 Å². The smallest absolute Gasteiger partial charge is 0.281 e. The lowest BCUT2D eigenvalue weighted by atomic mass is 10.1. The third kappa shape index (κ3) is 4.06.